The summed E-state index contributed by atoms with van der Waals surface area (Å²) in [7, 11) is 0. The van der Waals surface area contributed by atoms with Crippen LogP contribution in [0.15, 0.2) is 0 Å². The smallest absolute Gasteiger partial charge is 0.152 e. The Morgan fingerprint density at radius 2 is 2.30 bits per heavy atom. The molecule has 0 radical (unpaired) electrons. The van der Waals surface area contributed by atoms with Crippen LogP contribution in [0.1, 0.15) is 26.7 Å². The Labute approximate surface area is 62.0 Å². The molecule has 0 bridgehead atoms. The van der Waals surface area contributed by atoms with Gasteiger partial charge in [-0.3, -0.25) is 4.79 Å². The highest BCUT2D eigenvalue weighted by Gasteiger charge is 2.32. The van der Waals surface area contributed by atoms with Crippen molar-refractivity contribution in [1.82, 2.24) is 5.32 Å². The lowest BCUT2D eigenvalue weighted by Crippen LogP contribution is -2.34. The zero-order valence-electron chi connectivity index (χ0n) is 6.68. The zero-order valence-corrected chi connectivity index (χ0v) is 6.68. The van der Waals surface area contributed by atoms with Crippen molar-refractivity contribution in [2.75, 3.05) is 6.54 Å². The minimum Gasteiger partial charge on any atom is -0.308 e. The van der Waals surface area contributed by atoms with E-state index in [4.69, 9.17) is 0 Å². The molecule has 10 heavy (non-hydrogen) atoms. The number of likely N-dealkylation sites (N-methyl/N-ethyl adjacent to an activating group) is 1. The van der Waals surface area contributed by atoms with E-state index in [-0.39, 0.29) is 6.04 Å². The highest BCUT2D eigenvalue weighted by atomic mass is 16.1. The number of ketones is 1. The maximum absolute atomic E-state index is 11.2. The van der Waals surface area contributed by atoms with Crippen LogP contribution in [-0.4, -0.2) is 18.4 Å². The molecular formula is C8H15NO. The molecule has 0 heterocycles. The SMILES string of the molecule is CCNC(C)C(=O)C1CC1. The van der Waals surface area contributed by atoms with Gasteiger partial charge in [-0.1, -0.05) is 6.92 Å². The Morgan fingerprint density at radius 1 is 1.70 bits per heavy atom. The fourth-order valence-electron chi connectivity index (χ4n) is 1.13. The van der Waals surface area contributed by atoms with Crippen LogP contribution in [0, 0.1) is 5.92 Å². The summed E-state index contributed by atoms with van der Waals surface area (Å²) in [6.07, 6.45) is 2.24. The Balaban J connectivity index is 2.24. The zero-order chi connectivity index (χ0) is 7.56. The number of carbonyl (C=O) groups is 1. The molecule has 1 rings (SSSR count). The Hall–Kier alpha value is -0.370. The summed E-state index contributed by atoms with van der Waals surface area (Å²) in [5, 5.41) is 3.12. The van der Waals surface area contributed by atoms with E-state index in [0.29, 0.717) is 11.7 Å². The average molecular weight is 141 g/mol. The number of rotatable bonds is 4. The second kappa shape index (κ2) is 3.15. The van der Waals surface area contributed by atoms with Gasteiger partial charge in [0, 0.05) is 5.92 Å². The Morgan fingerprint density at radius 3 is 2.70 bits per heavy atom. The van der Waals surface area contributed by atoms with Crippen molar-refractivity contribution in [2.45, 2.75) is 32.7 Å². The molecule has 58 valence electrons. The van der Waals surface area contributed by atoms with Crippen LogP contribution < -0.4 is 5.32 Å². The molecule has 2 heteroatoms. The molecule has 1 unspecified atom stereocenters. The van der Waals surface area contributed by atoms with Crippen molar-refractivity contribution in [3.8, 4) is 0 Å². The first-order valence-electron chi connectivity index (χ1n) is 4.02. The normalized spacial score (nSPS) is 20.6. The minimum atomic E-state index is 0.0810. The summed E-state index contributed by atoms with van der Waals surface area (Å²) in [6, 6.07) is 0.0810. The molecule has 1 aliphatic rings. The predicted octanol–water partition coefficient (Wildman–Crippen LogP) is 0.964. The van der Waals surface area contributed by atoms with Crippen LogP contribution in [-0.2, 0) is 4.79 Å². The van der Waals surface area contributed by atoms with Gasteiger partial charge in [0.1, 0.15) is 0 Å². The maximum atomic E-state index is 11.2. The molecule has 0 amide bonds. The first-order valence-corrected chi connectivity index (χ1v) is 4.02. The average Bonchev–Trinajstić information content (AvgIpc) is 2.68. The van der Waals surface area contributed by atoms with Crippen LogP contribution in [0.5, 0.6) is 0 Å². The summed E-state index contributed by atoms with van der Waals surface area (Å²) in [6.45, 7) is 4.86. The van der Waals surface area contributed by atoms with Gasteiger partial charge in [-0.05, 0) is 26.3 Å². The van der Waals surface area contributed by atoms with Crippen molar-refractivity contribution < 1.29 is 4.79 Å². The number of hydrogen-bond acceptors (Lipinski definition) is 2. The third kappa shape index (κ3) is 1.81. The summed E-state index contributed by atoms with van der Waals surface area (Å²) < 4.78 is 0. The fraction of sp³-hybridized carbons (Fsp3) is 0.875. The van der Waals surface area contributed by atoms with Gasteiger partial charge in [-0.2, -0.15) is 0 Å². The molecule has 1 aliphatic carbocycles. The maximum Gasteiger partial charge on any atom is 0.152 e. The van der Waals surface area contributed by atoms with Crippen LogP contribution in [0.25, 0.3) is 0 Å². The van der Waals surface area contributed by atoms with Gasteiger partial charge >= 0.3 is 0 Å². The molecule has 0 spiro atoms. The van der Waals surface area contributed by atoms with E-state index in [1.165, 1.54) is 0 Å². The van der Waals surface area contributed by atoms with E-state index in [1.54, 1.807) is 0 Å². The molecule has 1 saturated carbocycles. The quantitative estimate of drug-likeness (QED) is 0.632. The van der Waals surface area contributed by atoms with E-state index in [2.05, 4.69) is 5.32 Å². The molecule has 1 fully saturated rings. The van der Waals surface area contributed by atoms with Crippen LogP contribution in [0.2, 0.25) is 0 Å². The molecule has 0 saturated heterocycles. The first kappa shape index (κ1) is 7.73. The largest absolute Gasteiger partial charge is 0.308 e. The van der Waals surface area contributed by atoms with Crippen LogP contribution in [0.4, 0.5) is 0 Å². The number of nitrogens with one attached hydrogen (secondary N) is 1. The highest BCUT2D eigenvalue weighted by molar-refractivity contribution is 5.87. The Kier molecular flexibility index (Phi) is 2.44. The lowest BCUT2D eigenvalue weighted by molar-refractivity contribution is -0.121. The summed E-state index contributed by atoms with van der Waals surface area (Å²) in [4.78, 5) is 11.2. The van der Waals surface area contributed by atoms with Gasteiger partial charge in [0.25, 0.3) is 0 Å². The first-order chi connectivity index (χ1) is 4.75. The number of Topliss-reactive ketones (excluding diaryl/α,β-unsaturated/α-hetero) is 1. The minimum absolute atomic E-state index is 0.0810. The third-order valence-electron chi connectivity index (χ3n) is 1.92. The molecule has 0 aromatic heterocycles. The second-order valence-electron chi connectivity index (χ2n) is 2.96. The van der Waals surface area contributed by atoms with E-state index >= 15 is 0 Å². The Bertz CT molecular complexity index is 129. The second-order valence-corrected chi connectivity index (χ2v) is 2.96. The standard InChI is InChI=1S/C8H15NO/c1-3-9-6(2)8(10)7-4-5-7/h6-7,9H,3-5H2,1-2H3. The molecular weight excluding hydrogens is 126 g/mol. The molecule has 1 atom stereocenters. The number of carbonyl (C=O) groups excluding carboxylic acids is 1. The third-order valence-corrected chi connectivity index (χ3v) is 1.92. The van der Waals surface area contributed by atoms with Crippen molar-refractivity contribution in [3.05, 3.63) is 0 Å². The lowest BCUT2D eigenvalue weighted by atomic mass is 10.1. The van der Waals surface area contributed by atoms with Gasteiger partial charge in [0.05, 0.1) is 6.04 Å². The number of hydrogen-bond donors (Lipinski definition) is 1. The van der Waals surface area contributed by atoms with Crippen molar-refractivity contribution in [1.29, 1.82) is 0 Å². The lowest BCUT2D eigenvalue weighted by Gasteiger charge is -2.08. The summed E-state index contributed by atoms with van der Waals surface area (Å²) >= 11 is 0. The molecule has 2 nitrogen and oxygen atoms in total. The van der Waals surface area contributed by atoms with Crippen molar-refractivity contribution >= 4 is 5.78 Å². The molecule has 0 aromatic carbocycles. The summed E-state index contributed by atoms with van der Waals surface area (Å²) in [5.74, 6) is 0.802. The van der Waals surface area contributed by atoms with Gasteiger partial charge < -0.3 is 5.32 Å². The monoisotopic (exact) mass is 141 g/mol. The van der Waals surface area contributed by atoms with Gasteiger partial charge in [-0.25, -0.2) is 0 Å². The van der Waals surface area contributed by atoms with Crippen LogP contribution >= 0.6 is 0 Å². The van der Waals surface area contributed by atoms with Gasteiger partial charge in [0.2, 0.25) is 0 Å². The van der Waals surface area contributed by atoms with E-state index in [9.17, 15) is 4.79 Å². The fourth-order valence-corrected chi connectivity index (χ4v) is 1.13. The van der Waals surface area contributed by atoms with Gasteiger partial charge in [-0.15, -0.1) is 0 Å². The molecule has 0 aromatic rings. The van der Waals surface area contributed by atoms with Gasteiger partial charge in [0.15, 0.2) is 5.78 Å². The highest BCUT2D eigenvalue weighted by Crippen LogP contribution is 2.30. The summed E-state index contributed by atoms with van der Waals surface area (Å²) in [5.41, 5.74) is 0. The topological polar surface area (TPSA) is 29.1 Å². The predicted molar refractivity (Wildman–Crippen MR) is 40.9 cm³/mol. The van der Waals surface area contributed by atoms with E-state index < -0.39 is 0 Å². The van der Waals surface area contributed by atoms with Crippen LogP contribution in [0.3, 0.4) is 0 Å². The van der Waals surface area contributed by atoms with E-state index in [0.717, 1.165) is 19.4 Å². The molecule has 0 aliphatic heterocycles. The van der Waals surface area contributed by atoms with Crippen molar-refractivity contribution in [2.24, 2.45) is 5.92 Å². The van der Waals surface area contributed by atoms with E-state index in [1.807, 2.05) is 13.8 Å². The molecule has 1 N–H and O–H groups in total. The van der Waals surface area contributed by atoms with Crippen molar-refractivity contribution in [3.63, 3.8) is 0 Å².